The van der Waals surface area contributed by atoms with Crippen LogP contribution in [0.2, 0.25) is 25.2 Å². The van der Waals surface area contributed by atoms with Crippen molar-refractivity contribution in [3.05, 3.63) is 138 Å². The predicted molar refractivity (Wildman–Crippen MR) is 219 cm³/mol. The zero-order valence-electron chi connectivity index (χ0n) is 29.2. The van der Waals surface area contributed by atoms with Gasteiger partial charge < -0.3 is 19.1 Å². The van der Waals surface area contributed by atoms with Crippen molar-refractivity contribution in [3.8, 4) is 0 Å². The number of benzene rings is 2. The second-order valence-electron chi connectivity index (χ2n) is 12.5. The average Bonchev–Trinajstić information content (AvgIpc) is 3.92. The first kappa shape index (κ1) is 40.0. The maximum Gasteiger partial charge on any atom is 0.228 e. The van der Waals surface area contributed by atoms with E-state index in [0.29, 0.717) is 84.3 Å². The van der Waals surface area contributed by atoms with Gasteiger partial charge in [0, 0.05) is 51.6 Å². The number of hydrogen-bond donors (Lipinski definition) is 2. The van der Waals surface area contributed by atoms with E-state index in [1.165, 1.54) is 10.6 Å². The van der Waals surface area contributed by atoms with Gasteiger partial charge in [0.25, 0.3) is 0 Å². The molecule has 8 rings (SSSR count). The van der Waals surface area contributed by atoms with E-state index in [9.17, 15) is 12.8 Å². The number of halogens is 6. The van der Waals surface area contributed by atoms with Gasteiger partial charge >= 0.3 is 0 Å². The lowest BCUT2D eigenvalue weighted by Crippen LogP contribution is -2.10. The predicted octanol–water partition coefficient (Wildman–Crippen LogP) is 9.12. The van der Waals surface area contributed by atoms with Crippen LogP contribution < -0.4 is 0 Å². The van der Waals surface area contributed by atoms with E-state index in [1.54, 1.807) is 60.4 Å². The van der Waals surface area contributed by atoms with Crippen molar-refractivity contribution >= 4 is 102 Å². The third kappa shape index (κ3) is 9.48. The summed E-state index contributed by atoms with van der Waals surface area (Å²) in [6.45, 7) is 0.660. The normalized spacial score (nSPS) is 11.7. The highest BCUT2D eigenvalue weighted by Gasteiger charge is 2.20. The van der Waals surface area contributed by atoms with Crippen LogP contribution in [0.15, 0.2) is 83.4 Å². The molecule has 0 spiro atoms. The summed E-state index contributed by atoms with van der Waals surface area (Å²) < 4.78 is 41.3. The number of H-pyrrole nitrogens is 2. The molecule has 0 amide bonds. The molecule has 0 unspecified atom stereocenters. The first-order valence-corrected chi connectivity index (χ1v) is 21.5. The minimum atomic E-state index is -3.56. The summed E-state index contributed by atoms with van der Waals surface area (Å²) in [6.07, 6.45) is 7.69. The van der Waals surface area contributed by atoms with Crippen molar-refractivity contribution in [2.75, 3.05) is 12.5 Å². The Morgan fingerprint density at radius 2 is 1.21 bits per heavy atom. The Labute approximate surface area is 348 Å². The van der Waals surface area contributed by atoms with Gasteiger partial charge in [-0.1, -0.05) is 81.9 Å². The summed E-state index contributed by atoms with van der Waals surface area (Å²) in [4.78, 5) is 31.9. The topological polar surface area (TPSA) is 153 Å². The van der Waals surface area contributed by atoms with Crippen LogP contribution in [-0.2, 0) is 35.8 Å². The van der Waals surface area contributed by atoms with Gasteiger partial charge in [0.2, 0.25) is 20.9 Å². The van der Waals surface area contributed by atoms with Crippen LogP contribution in [0, 0.1) is 5.95 Å². The standard InChI is InChI=1S/C18H14Cl3N5O2S.C18H14Cl2FN5S/c1-29(27,28)18-22-12(6-10-2-3-11(19)7-13(10)20)8-26(18)9-16-23-14-4-5-15(21)24-17(14)25-16;1-27-18-22-12(6-10-2-3-11(19)7-13(10)20)8-26(18)9-16-23-14-4-5-15(21)24-17(14)25-16/h2-5,7-8H,6,9H2,1H3,(H,23,24,25);2-5,7-8H,6,9H2,1H3,(H,23,24,25). The van der Waals surface area contributed by atoms with Crippen LogP contribution in [0.25, 0.3) is 22.3 Å². The van der Waals surface area contributed by atoms with Crippen LogP contribution in [-0.4, -0.2) is 69.9 Å². The second kappa shape index (κ2) is 16.7. The molecule has 0 aliphatic carbocycles. The molecule has 0 aliphatic rings. The Morgan fingerprint density at radius 1 is 0.679 bits per heavy atom. The van der Waals surface area contributed by atoms with Crippen LogP contribution in [0.5, 0.6) is 0 Å². The minimum absolute atomic E-state index is 0.0518. The number of pyridine rings is 2. The van der Waals surface area contributed by atoms with Crippen molar-refractivity contribution in [1.82, 2.24) is 49.0 Å². The molecule has 8 aromatic rings. The maximum atomic E-state index is 13.3. The first-order valence-electron chi connectivity index (χ1n) is 16.5. The molecular weight excluding hydrogens is 865 g/mol. The van der Waals surface area contributed by atoms with Gasteiger partial charge in [-0.25, -0.2) is 33.3 Å². The molecule has 6 heterocycles. The van der Waals surface area contributed by atoms with Crippen LogP contribution in [0.4, 0.5) is 4.39 Å². The fourth-order valence-electron chi connectivity index (χ4n) is 5.79. The molecule has 0 radical (unpaired) electrons. The SMILES string of the molecule is CS(=O)(=O)c1nc(Cc2ccc(Cl)cc2Cl)cn1Cc1nc2nc(Cl)ccc2[nH]1.CSc1nc(Cc2ccc(Cl)cc2Cl)cn1Cc1nc2nc(F)ccc2[nH]1. The van der Waals surface area contributed by atoms with Crippen molar-refractivity contribution in [3.63, 3.8) is 0 Å². The lowest BCUT2D eigenvalue weighted by atomic mass is 10.1. The summed E-state index contributed by atoms with van der Waals surface area (Å²) in [7, 11) is -3.56. The molecule has 288 valence electrons. The van der Waals surface area contributed by atoms with Crippen LogP contribution >= 0.6 is 69.8 Å². The van der Waals surface area contributed by atoms with E-state index < -0.39 is 15.8 Å². The highest BCUT2D eigenvalue weighted by molar-refractivity contribution is 7.98. The van der Waals surface area contributed by atoms with Crippen molar-refractivity contribution in [1.29, 1.82) is 0 Å². The Hall–Kier alpha value is -4.22. The van der Waals surface area contributed by atoms with Gasteiger partial charge in [0.15, 0.2) is 16.5 Å². The average molecular weight is 893 g/mol. The van der Waals surface area contributed by atoms with Crippen LogP contribution in [0.1, 0.15) is 34.2 Å². The summed E-state index contributed by atoms with van der Waals surface area (Å²) in [6, 6.07) is 17.0. The van der Waals surface area contributed by atoms with Gasteiger partial charge in [-0.2, -0.15) is 9.37 Å². The van der Waals surface area contributed by atoms with Crippen molar-refractivity contribution < 1.29 is 12.8 Å². The number of nitrogens with one attached hydrogen (secondary N) is 2. The molecule has 0 aliphatic heterocycles. The maximum absolute atomic E-state index is 13.3. The molecule has 12 nitrogen and oxygen atoms in total. The number of imidazole rings is 4. The summed E-state index contributed by atoms with van der Waals surface area (Å²) in [5.41, 5.74) is 5.44. The van der Waals surface area contributed by atoms with E-state index in [-0.39, 0.29) is 11.7 Å². The zero-order valence-corrected chi connectivity index (χ0v) is 34.6. The van der Waals surface area contributed by atoms with Crippen LogP contribution in [0.3, 0.4) is 0 Å². The summed E-state index contributed by atoms with van der Waals surface area (Å²) in [5.74, 6) is 0.676. The Morgan fingerprint density at radius 3 is 1.79 bits per heavy atom. The van der Waals surface area contributed by atoms with Gasteiger partial charge in [-0.05, 0) is 65.9 Å². The third-order valence-electron chi connectivity index (χ3n) is 8.23. The number of nitrogens with zero attached hydrogens (tertiary/aromatic N) is 8. The zero-order chi connectivity index (χ0) is 39.7. The molecule has 56 heavy (non-hydrogen) atoms. The molecule has 6 aromatic heterocycles. The molecule has 2 N–H and O–H groups in total. The van der Waals surface area contributed by atoms with E-state index in [4.69, 9.17) is 58.0 Å². The molecule has 0 bridgehead atoms. The van der Waals surface area contributed by atoms with Crippen molar-refractivity contribution in [2.24, 2.45) is 0 Å². The summed E-state index contributed by atoms with van der Waals surface area (Å²) >= 11 is 31.8. The first-order chi connectivity index (χ1) is 26.7. The van der Waals surface area contributed by atoms with Crippen molar-refractivity contribution in [2.45, 2.75) is 36.2 Å². The summed E-state index contributed by atoms with van der Waals surface area (Å²) in [5, 5.41) is 3.38. The number of hydrogen-bond acceptors (Lipinski definition) is 9. The molecule has 0 saturated carbocycles. The highest BCUT2D eigenvalue weighted by atomic mass is 35.5. The lowest BCUT2D eigenvalue weighted by Gasteiger charge is -2.03. The quantitative estimate of drug-likeness (QED) is 0.101. The molecular formula is C36H28Cl5FN10O2S2. The Balaban J connectivity index is 0.000000172. The fraction of sp³-hybridized carbons (Fsp3) is 0.167. The minimum Gasteiger partial charge on any atom is -0.339 e. The van der Waals surface area contributed by atoms with E-state index in [0.717, 1.165) is 28.2 Å². The molecule has 0 saturated heterocycles. The van der Waals surface area contributed by atoms with Gasteiger partial charge in [0.1, 0.15) is 16.8 Å². The number of thioether (sulfide) groups is 1. The number of aromatic nitrogens is 10. The number of rotatable bonds is 10. The number of sulfone groups is 1. The van der Waals surface area contributed by atoms with Gasteiger partial charge in [-0.15, -0.1) is 0 Å². The molecule has 0 atom stereocenters. The smallest absolute Gasteiger partial charge is 0.228 e. The Kier molecular flexibility index (Phi) is 11.9. The molecule has 2 aromatic carbocycles. The number of aromatic amines is 2. The highest BCUT2D eigenvalue weighted by Crippen LogP contribution is 2.26. The monoisotopic (exact) mass is 890 g/mol. The lowest BCUT2D eigenvalue weighted by molar-refractivity contribution is 0.575. The van der Waals surface area contributed by atoms with E-state index in [2.05, 4.69) is 39.9 Å². The second-order valence-corrected chi connectivity index (χ2v) is 17.2. The van der Waals surface area contributed by atoms with E-state index >= 15 is 0 Å². The fourth-order valence-corrected chi connectivity index (χ4v) is 8.27. The largest absolute Gasteiger partial charge is 0.339 e. The Bertz CT molecular complexity index is 2840. The van der Waals surface area contributed by atoms with E-state index in [1.807, 2.05) is 29.2 Å². The molecule has 0 fully saturated rings. The molecule has 20 heteroatoms. The van der Waals surface area contributed by atoms with Gasteiger partial charge in [-0.3, -0.25) is 0 Å². The third-order valence-corrected chi connectivity index (χ3v) is 11.3. The number of fused-ring (bicyclic) bond motifs is 2. The van der Waals surface area contributed by atoms with Gasteiger partial charge in [0.05, 0.1) is 35.5 Å².